The van der Waals surface area contributed by atoms with Crippen molar-refractivity contribution in [1.82, 2.24) is 25.4 Å². The SMILES string of the molecule is COCCNC(=NCc1nnc(C)n1C)NCC1(CCOC)CC1. The zero-order valence-corrected chi connectivity index (χ0v) is 15.3. The first kappa shape index (κ1) is 18.7. The van der Waals surface area contributed by atoms with Gasteiger partial charge in [0.05, 0.1) is 6.61 Å². The molecule has 0 spiro atoms. The monoisotopic (exact) mass is 338 g/mol. The van der Waals surface area contributed by atoms with Crippen molar-refractivity contribution in [3.63, 3.8) is 0 Å². The minimum atomic E-state index is 0.362. The first-order chi connectivity index (χ1) is 11.6. The summed E-state index contributed by atoms with van der Waals surface area (Å²) >= 11 is 0. The fourth-order valence-corrected chi connectivity index (χ4v) is 2.47. The van der Waals surface area contributed by atoms with Gasteiger partial charge in [0.15, 0.2) is 11.8 Å². The average Bonchev–Trinajstić information content (AvgIpc) is 3.29. The molecule has 1 saturated carbocycles. The molecule has 24 heavy (non-hydrogen) atoms. The molecular weight excluding hydrogens is 308 g/mol. The van der Waals surface area contributed by atoms with Gasteiger partial charge < -0.3 is 24.7 Å². The molecule has 0 aromatic carbocycles. The van der Waals surface area contributed by atoms with Crippen LogP contribution in [0.15, 0.2) is 4.99 Å². The van der Waals surface area contributed by atoms with Crippen LogP contribution < -0.4 is 10.6 Å². The molecule has 2 rings (SSSR count). The van der Waals surface area contributed by atoms with Crippen LogP contribution in [-0.2, 0) is 23.1 Å². The van der Waals surface area contributed by atoms with Crippen molar-refractivity contribution in [3.8, 4) is 0 Å². The smallest absolute Gasteiger partial charge is 0.191 e. The van der Waals surface area contributed by atoms with Gasteiger partial charge >= 0.3 is 0 Å². The number of ether oxygens (including phenoxy) is 2. The Bertz CT molecular complexity index is 539. The Morgan fingerprint density at radius 3 is 2.54 bits per heavy atom. The maximum atomic E-state index is 5.22. The van der Waals surface area contributed by atoms with Gasteiger partial charge in [-0.05, 0) is 31.6 Å². The maximum Gasteiger partial charge on any atom is 0.191 e. The Labute approximate surface area is 144 Å². The highest BCUT2D eigenvalue weighted by atomic mass is 16.5. The van der Waals surface area contributed by atoms with E-state index in [9.17, 15) is 0 Å². The second-order valence-corrected chi connectivity index (χ2v) is 6.40. The summed E-state index contributed by atoms with van der Waals surface area (Å²) in [7, 11) is 5.40. The van der Waals surface area contributed by atoms with Crippen LogP contribution in [0.1, 0.15) is 30.9 Å². The van der Waals surface area contributed by atoms with Crippen molar-refractivity contribution in [2.75, 3.05) is 40.5 Å². The van der Waals surface area contributed by atoms with Crippen molar-refractivity contribution >= 4 is 5.96 Å². The Hall–Kier alpha value is -1.67. The van der Waals surface area contributed by atoms with Gasteiger partial charge in [-0.15, -0.1) is 10.2 Å². The van der Waals surface area contributed by atoms with Crippen molar-refractivity contribution in [2.24, 2.45) is 17.5 Å². The molecule has 8 heteroatoms. The van der Waals surface area contributed by atoms with E-state index in [1.54, 1.807) is 14.2 Å². The van der Waals surface area contributed by atoms with Crippen LogP contribution in [0.4, 0.5) is 0 Å². The highest BCUT2D eigenvalue weighted by molar-refractivity contribution is 5.79. The van der Waals surface area contributed by atoms with Gasteiger partial charge in [-0.1, -0.05) is 0 Å². The second kappa shape index (κ2) is 8.98. The van der Waals surface area contributed by atoms with Gasteiger partial charge in [-0.3, -0.25) is 0 Å². The number of methoxy groups -OCH3 is 2. The Kier molecular flexibility index (Phi) is 6.99. The summed E-state index contributed by atoms with van der Waals surface area (Å²) in [4.78, 5) is 4.64. The van der Waals surface area contributed by atoms with E-state index >= 15 is 0 Å². The minimum Gasteiger partial charge on any atom is -0.385 e. The van der Waals surface area contributed by atoms with Crippen LogP contribution >= 0.6 is 0 Å². The topological polar surface area (TPSA) is 85.6 Å². The van der Waals surface area contributed by atoms with Gasteiger partial charge in [0.2, 0.25) is 0 Å². The molecule has 1 heterocycles. The molecule has 0 atom stereocenters. The molecule has 1 fully saturated rings. The van der Waals surface area contributed by atoms with Crippen LogP contribution in [0, 0.1) is 12.3 Å². The number of rotatable bonds is 10. The number of hydrogen-bond acceptors (Lipinski definition) is 5. The molecule has 0 amide bonds. The quantitative estimate of drug-likeness (QED) is 0.370. The predicted molar refractivity (Wildman–Crippen MR) is 92.9 cm³/mol. The number of nitrogens with one attached hydrogen (secondary N) is 2. The number of hydrogen-bond donors (Lipinski definition) is 2. The largest absolute Gasteiger partial charge is 0.385 e. The molecule has 1 aliphatic carbocycles. The van der Waals surface area contributed by atoms with Gasteiger partial charge in [-0.25, -0.2) is 4.99 Å². The van der Waals surface area contributed by atoms with Gasteiger partial charge in [0, 0.05) is 41.0 Å². The molecule has 0 saturated heterocycles. The Balaban J connectivity index is 1.91. The lowest BCUT2D eigenvalue weighted by atomic mass is 10.0. The van der Waals surface area contributed by atoms with Crippen LogP contribution in [0.2, 0.25) is 0 Å². The zero-order chi connectivity index (χ0) is 17.4. The summed E-state index contributed by atoms with van der Waals surface area (Å²) in [6, 6.07) is 0. The first-order valence-electron chi connectivity index (χ1n) is 8.45. The lowest BCUT2D eigenvalue weighted by molar-refractivity contribution is 0.172. The second-order valence-electron chi connectivity index (χ2n) is 6.40. The van der Waals surface area contributed by atoms with Crippen LogP contribution in [0.3, 0.4) is 0 Å². The molecule has 1 aromatic rings. The molecule has 1 aliphatic rings. The molecule has 0 aliphatic heterocycles. The molecule has 0 bridgehead atoms. The van der Waals surface area contributed by atoms with E-state index in [1.165, 1.54) is 12.8 Å². The number of aryl methyl sites for hydroxylation is 1. The normalized spacial score (nSPS) is 16.2. The molecule has 0 unspecified atom stereocenters. The molecule has 8 nitrogen and oxygen atoms in total. The summed E-state index contributed by atoms with van der Waals surface area (Å²) in [5.41, 5.74) is 0.362. The van der Waals surface area contributed by atoms with Gasteiger partial charge in [0.25, 0.3) is 0 Å². The van der Waals surface area contributed by atoms with Crippen LogP contribution in [0.25, 0.3) is 0 Å². The van der Waals surface area contributed by atoms with E-state index in [1.807, 2.05) is 18.5 Å². The summed E-state index contributed by atoms with van der Waals surface area (Å²) in [5.74, 6) is 2.52. The van der Waals surface area contributed by atoms with Crippen molar-refractivity contribution < 1.29 is 9.47 Å². The summed E-state index contributed by atoms with van der Waals surface area (Å²) in [6.07, 6.45) is 3.58. The van der Waals surface area contributed by atoms with Crippen LogP contribution in [-0.4, -0.2) is 61.2 Å². The fourth-order valence-electron chi connectivity index (χ4n) is 2.47. The van der Waals surface area contributed by atoms with E-state index < -0.39 is 0 Å². The van der Waals surface area contributed by atoms with Gasteiger partial charge in [-0.2, -0.15) is 0 Å². The summed E-state index contributed by atoms with van der Waals surface area (Å²) < 4.78 is 12.3. The third kappa shape index (κ3) is 5.45. The molecular formula is C16H30N6O2. The number of guanidine groups is 1. The van der Waals surface area contributed by atoms with E-state index in [4.69, 9.17) is 9.47 Å². The average molecular weight is 338 g/mol. The van der Waals surface area contributed by atoms with E-state index in [-0.39, 0.29) is 0 Å². The standard InChI is InChI=1S/C16H30N6O2/c1-13-20-21-14(22(13)2)11-18-15(17-8-10-24-4)19-12-16(5-6-16)7-9-23-3/h5-12H2,1-4H3,(H2,17,18,19). The molecule has 2 N–H and O–H groups in total. The molecule has 1 aromatic heterocycles. The number of aromatic nitrogens is 3. The van der Waals surface area contributed by atoms with E-state index in [2.05, 4.69) is 25.8 Å². The first-order valence-corrected chi connectivity index (χ1v) is 8.45. The zero-order valence-electron chi connectivity index (χ0n) is 15.3. The van der Waals surface area contributed by atoms with Gasteiger partial charge in [0.1, 0.15) is 12.4 Å². The molecule has 0 radical (unpaired) electrons. The lowest BCUT2D eigenvalue weighted by Gasteiger charge is -2.18. The highest BCUT2D eigenvalue weighted by Gasteiger charge is 2.41. The van der Waals surface area contributed by atoms with Crippen molar-refractivity contribution in [3.05, 3.63) is 11.6 Å². The number of nitrogens with zero attached hydrogens (tertiary/aromatic N) is 4. The third-order valence-corrected chi connectivity index (χ3v) is 4.58. The lowest BCUT2D eigenvalue weighted by Crippen LogP contribution is -2.42. The predicted octanol–water partition coefficient (Wildman–Crippen LogP) is 0.622. The van der Waals surface area contributed by atoms with Crippen molar-refractivity contribution in [1.29, 1.82) is 0 Å². The van der Waals surface area contributed by atoms with E-state index in [0.717, 1.165) is 37.2 Å². The minimum absolute atomic E-state index is 0.362. The highest BCUT2D eigenvalue weighted by Crippen LogP contribution is 2.48. The third-order valence-electron chi connectivity index (χ3n) is 4.58. The van der Waals surface area contributed by atoms with Crippen LogP contribution in [0.5, 0.6) is 0 Å². The van der Waals surface area contributed by atoms with Crippen molar-refractivity contribution in [2.45, 2.75) is 32.7 Å². The molecule has 136 valence electrons. The van der Waals surface area contributed by atoms with E-state index in [0.29, 0.717) is 25.1 Å². The summed E-state index contributed by atoms with van der Waals surface area (Å²) in [5, 5.41) is 15.0. The number of aliphatic imine (C=N–C) groups is 1. The maximum absolute atomic E-state index is 5.22. The summed E-state index contributed by atoms with van der Waals surface area (Å²) in [6.45, 7) is 5.49. The fraction of sp³-hybridized carbons (Fsp3) is 0.812. The Morgan fingerprint density at radius 1 is 1.21 bits per heavy atom. The Morgan fingerprint density at radius 2 is 1.96 bits per heavy atom.